The van der Waals surface area contributed by atoms with Crippen molar-refractivity contribution in [2.75, 3.05) is 11.9 Å². The molecule has 1 heterocycles. The number of carbonyl (C=O) groups is 1. The number of anilines is 1. The molecule has 0 saturated heterocycles. The van der Waals surface area contributed by atoms with Crippen molar-refractivity contribution in [2.24, 2.45) is 0 Å². The number of pyridine rings is 1. The van der Waals surface area contributed by atoms with Gasteiger partial charge in [-0.2, -0.15) is 5.26 Å². The van der Waals surface area contributed by atoms with Gasteiger partial charge >= 0.3 is 0 Å². The average Bonchev–Trinajstić information content (AvgIpc) is 2.45. The topological polar surface area (TPSA) is 57.0 Å². The van der Waals surface area contributed by atoms with Crippen molar-refractivity contribution < 1.29 is 4.79 Å². The third-order valence-corrected chi connectivity index (χ3v) is 3.09. The second-order valence-corrected chi connectivity index (χ2v) is 4.80. The third kappa shape index (κ3) is 3.08. The van der Waals surface area contributed by atoms with Gasteiger partial charge in [0.1, 0.15) is 10.3 Å². The average molecular weight is 306 g/mol. The number of amides is 1. The van der Waals surface area contributed by atoms with Crippen molar-refractivity contribution in [2.45, 2.75) is 0 Å². The van der Waals surface area contributed by atoms with Crippen LogP contribution >= 0.6 is 23.2 Å². The van der Waals surface area contributed by atoms with Crippen LogP contribution in [0.25, 0.3) is 0 Å². The smallest absolute Gasteiger partial charge is 0.258 e. The molecule has 0 aliphatic heterocycles. The first-order valence-corrected chi connectivity index (χ1v) is 6.38. The van der Waals surface area contributed by atoms with Crippen LogP contribution in [0.2, 0.25) is 10.3 Å². The zero-order chi connectivity index (χ0) is 14.7. The number of halogens is 2. The summed E-state index contributed by atoms with van der Waals surface area (Å²) in [6.45, 7) is 0. The van der Waals surface area contributed by atoms with Crippen molar-refractivity contribution in [1.82, 2.24) is 4.98 Å². The molecule has 0 bridgehead atoms. The summed E-state index contributed by atoms with van der Waals surface area (Å²) in [7, 11) is 1.63. The summed E-state index contributed by atoms with van der Waals surface area (Å²) in [6.07, 6.45) is 0. The van der Waals surface area contributed by atoms with E-state index < -0.39 is 0 Å². The van der Waals surface area contributed by atoms with Gasteiger partial charge in [-0.15, -0.1) is 0 Å². The van der Waals surface area contributed by atoms with E-state index in [0.29, 0.717) is 16.8 Å². The summed E-state index contributed by atoms with van der Waals surface area (Å²) in [5.41, 5.74) is 1.55. The van der Waals surface area contributed by atoms with E-state index in [2.05, 4.69) is 4.98 Å². The number of nitrogens with zero attached hydrogens (tertiary/aromatic N) is 3. The lowest BCUT2D eigenvalue weighted by atomic mass is 10.2. The van der Waals surface area contributed by atoms with Crippen LogP contribution in [0.5, 0.6) is 0 Å². The molecule has 0 unspecified atom stereocenters. The number of aromatic nitrogens is 1. The number of benzene rings is 1. The van der Waals surface area contributed by atoms with Gasteiger partial charge in [0.25, 0.3) is 5.91 Å². The Morgan fingerprint density at radius 2 is 1.75 bits per heavy atom. The van der Waals surface area contributed by atoms with E-state index in [1.165, 1.54) is 17.0 Å². The van der Waals surface area contributed by atoms with Gasteiger partial charge in [-0.25, -0.2) is 4.98 Å². The molecule has 100 valence electrons. The zero-order valence-electron chi connectivity index (χ0n) is 10.5. The number of nitriles is 1. The number of hydrogen-bond donors (Lipinski definition) is 0. The molecule has 1 aromatic heterocycles. The summed E-state index contributed by atoms with van der Waals surface area (Å²) >= 11 is 11.6. The summed E-state index contributed by atoms with van der Waals surface area (Å²) in [6, 6.07) is 11.6. The molecular formula is C14H9Cl2N3O. The standard InChI is InChI=1S/C14H9Cl2N3O/c1-19(11-4-2-9(8-17)3-5-11)14(20)10-6-12(15)18-13(16)7-10/h2-7H,1H3. The molecule has 4 nitrogen and oxygen atoms in total. The molecule has 0 fully saturated rings. The number of carbonyl (C=O) groups excluding carboxylic acids is 1. The summed E-state index contributed by atoms with van der Waals surface area (Å²) < 4.78 is 0. The van der Waals surface area contributed by atoms with E-state index >= 15 is 0 Å². The number of rotatable bonds is 2. The molecule has 6 heteroatoms. The van der Waals surface area contributed by atoms with Crippen LogP contribution in [0.3, 0.4) is 0 Å². The van der Waals surface area contributed by atoms with Crippen LogP contribution < -0.4 is 4.90 Å². The largest absolute Gasteiger partial charge is 0.311 e. The van der Waals surface area contributed by atoms with Crippen LogP contribution in [0.1, 0.15) is 15.9 Å². The highest BCUT2D eigenvalue weighted by Crippen LogP contribution is 2.20. The molecule has 0 spiro atoms. The van der Waals surface area contributed by atoms with Crippen LogP contribution in [0, 0.1) is 11.3 Å². The lowest BCUT2D eigenvalue weighted by Crippen LogP contribution is -2.26. The molecule has 20 heavy (non-hydrogen) atoms. The maximum atomic E-state index is 12.3. The van der Waals surface area contributed by atoms with Crippen molar-refractivity contribution in [1.29, 1.82) is 5.26 Å². The first kappa shape index (κ1) is 14.3. The third-order valence-electron chi connectivity index (χ3n) is 2.70. The van der Waals surface area contributed by atoms with Gasteiger partial charge in [-0.3, -0.25) is 4.79 Å². The Balaban J connectivity index is 2.29. The molecule has 1 aromatic carbocycles. The van der Waals surface area contributed by atoms with E-state index in [1.54, 1.807) is 31.3 Å². The molecule has 0 aliphatic rings. The zero-order valence-corrected chi connectivity index (χ0v) is 12.0. The van der Waals surface area contributed by atoms with Crippen LogP contribution in [0.15, 0.2) is 36.4 Å². The molecule has 0 saturated carbocycles. The molecule has 0 aliphatic carbocycles. The van der Waals surface area contributed by atoms with Crippen molar-refractivity contribution in [3.63, 3.8) is 0 Å². The minimum atomic E-state index is -0.263. The maximum absolute atomic E-state index is 12.3. The monoisotopic (exact) mass is 305 g/mol. The van der Waals surface area contributed by atoms with Gasteiger partial charge in [0, 0.05) is 18.3 Å². The van der Waals surface area contributed by atoms with Gasteiger partial charge in [0.05, 0.1) is 11.6 Å². The summed E-state index contributed by atoms with van der Waals surface area (Å²) in [5, 5.41) is 9.07. The first-order chi connectivity index (χ1) is 9.51. The van der Waals surface area contributed by atoms with E-state index in [0.717, 1.165) is 0 Å². The molecule has 1 amide bonds. The van der Waals surface area contributed by atoms with Crippen LogP contribution in [-0.2, 0) is 0 Å². The SMILES string of the molecule is CN(C(=O)c1cc(Cl)nc(Cl)c1)c1ccc(C#N)cc1. The first-order valence-electron chi connectivity index (χ1n) is 5.62. The van der Waals surface area contributed by atoms with Crippen molar-refractivity contribution in [3.05, 3.63) is 57.8 Å². The highest BCUT2D eigenvalue weighted by Gasteiger charge is 2.15. The fourth-order valence-corrected chi connectivity index (χ4v) is 2.12. The quantitative estimate of drug-likeness (QED) is 0.797. The Kier molecular flexibility index (Phi) is 4.23. The Labute approximate surface area is 126 Å². The summed E-state index contributed by atoms with van der Waals surface area (Å²) in [4.78, 5) is 17.6. The molecular weight excluding hydrogens is 297 g/mol. The molecule has 2 rings (SSSR count). The Hall–Kier alpha value is -2.09. The fourth-order valence-electron chi connectivity index (χ4n) is 1.66. The predicted octanol–water partition coefficient (Wildman–Crippen LogP) is 3.54. The van der Waals surface area contributed by atoms with Gasteiger partial charge in [-0.1, -0.05) is 23.2 Å². The predicted molar refractivity (Wildman–Crippen MR) is 78.1 cm³/mol. The minimum absolute atomic E-state index is 0.161. The second kappa shape index (κ2) is 5.91. The van der Waals surface area contributed by atoms with Crippen molar-refractivity contribution in [3.8, 4) is 6.07 Å². The van der Waals surface area contributed by atoms with Crippen molar-refractivity contribution >= 4 is 34.8 Å². The fraction of sp³-hybridized carbons (Fsp3) is 0.0714. The second-order valence-electron chi connectivity index (χ2n) is 4.02. The Bertz CT molecular complexity index is 672. The Morgan fingerprint density at radius 3 is 2.25 bits per heavy atom. The molecule has 0 atom stereocenters. The lowest BCUT2D eigenvalue weighted by Gasteiger charge is -2.17. The minimum Gasteiger partial charge on any atom is -0.311 e. The number of hydrogen-bond acceptors (Lipinski definition) is 3. The van der Waals surface area contributed by atoms with Crippen LogP contribution in [-0.4, -0.2) is 17.9 Å². The lowest BCUT2D eigenvalue weighted by molar-refractivity contribution is 0.0993. The molecule has 0 radical (unpaired) electrons. The molecule has 0 N–H and O–H groups in total. The molecule has 2 aromatic rings. The highest BCUT2D eigenvalue weighted by atomic mass is 35.5. The van der Waals surface area contributed by atoms with E-state index in [9.17, 15) is 4.79 Å². The van der Waals surface area contributed by atoms with E-state index in [-0.39, 0.29) is 16.2 Å². The van der Waals surface area contributed by atoms with Gasteiger partial charge < -0.3 is 4.90 Å². The van der Waals surface area contributed by atoms with Gasteiger partial charge in [-0.05, 0) is 36.4 Å². The normalized spacial score (nSPS) is 9.90. The van der Waals surface area contributed by atoms with Crippen LogP contribution in [0.4, 0.5) is 5.69 Å². The maximum Gasteiger partial charge on any atom is 0.258 e. The highest BCUT2D eigenvalue weighted by molar-refractivity contribution is 6.33. The van der Waals surface area contributed by atoms with Gasteiger partial charge in [0.2, 0.25) is 0 Å². The van der Waals surface area contributed by atoms with E-state index in [1.807, 2.05) is 6.07 Å². The Morgan fingerprint density at radius 1 is 1.20 bits per heavy atom. The van der Waals surface area contributed by atoms with Gasteiger partial charge in [0.15, 0.2) is 0 Å². The summed E-state index contributed by atoms with van der Waals surface area (Å²) in [5.74, 6) is -0.263. The van der Waals surface area contributed by atoms with E-state index in [4.69, 9.17) is 28.5 Å².